The quantitative estimate of drug-likeness (QED) is 0.649. The maximum absolute atomic E-state index is 5.42. The Balaban J connectivity index is 2.50. The van der Waals surface area contributed by atoms with Gasteiger partial charge in [-0.15, -0.1) is 0 Å². The van der Waals surface area contributed by atoms with E-state index in [0.717, 1.165) is 45.0 Å². The van der Waals surface area contributed by atoms with Gasteiger partial charge in [0, 0.05) is 19.7 Å². The van der Waals surface area contributed by atoms with E-state index in [1.165, 1.54) is 0 Å². The zero-order chi connectivity index (χ0) is 13.2. The molecular weight excluding hydrogens is 228 g/mol. The molecule has 4 nitrogen and oxygen atoms in total. The van der Waals surface area contributed by atoms with Crippen LogP contribution in [-0.2, 0) is 11.3 Å². The molecule has 0 aromatic carbocycles. The van der Waals surface area contributed by atoms with Gasteiger partial charge in [0.05, 0.1) is 19.4 Å². The summed E-state index contributed by atoms with van der Waals surface area (Å²) in [5.74, 6) is 1.01. The minimum atomic E-state index is 0.386. The molecule has 0 spiro atoms. The van der Waals surface area contributed by atoms with Gasteiger partial charge in [0.15, 0.2) is 0 Å². The first-order valence-corrected chi connectivity index (χ1v) is 6.77. The molecule has 18 heavy (non-hydrogen) atoms. The molecule has 0 fully saturated rings. The molecule has 0 saturated heterocycles. The molecule has 104 valence electrons. The van der Waals surface area contributed by atoms with Gasteiger partial charge in [-0.05, 0) is 31.6 Å². The maximum atomic E-state index is 5.42. The van der Waals surface area contributed by atoms with Gasteiger partial charge in [-0.3, -0.25) is 4.90 Å². The molecule has 0 saturated carbocycles. The molecule has 0 aliphatic carbocycles. The molecule has 1 rings (SSSR count). The fourth-order valence-corrected chi connectivity index (χ4v) is 2.03. The first-order valence-electron chi connectivity index (χ1n) is 6.77. The van der Waals surface area contributed by atoms with E-state index in [1.54, 1.807) is 13.4 Å². The Kier molecular flexibility index (Phi) is 7.73. The molecule has 1 unspecified atom stereocenters. The SMILES string of the molecule is CCCNCC(COC)N(CC)Cc1ccco1. The minimum absolute atomic E-state index is 0.386. The summed E-state index contributed by atoms with van der Waals surface area (Å²) in [5, 5.41) is 3.46. The average Bonchev–Trinajstić information content (AvgIpc) is 2.88. The lowest BCUT2D eigenvalue weighted by Crippen LogP contribution is -2.44. The second-order valence-electron chi connectivity index (χ2n) is 4.46. The summed E-state index contributed by atoms with van der Waals surface area (Å²) in [5.41, 5.74) is 0. The number of methoxy groups -OCH3 is 1. The van der Waals surface area contributed by atoms with Crippen molar-refractivity contribution in [3.8, 4) is 0 Å². The van der Waals surface area contributed by atoms with Crippen molar-refractivity contribution in [3.05, 3.63) is 24.2 Å². The van der Waals surface area contributed by atoms with Gasteiger partial charge in [0.25, 0.3) is 0 Å². The third-order valence-corrected chi connectivity index (χ3v) is 3.03. The topological polar surface area (TPSA) is 37.6 Å². The smallest absolute Gasteiger partial charge is 0.117 e. The van der Waals surface area contributed by atoms with Crippen molar-refractivity contribution >= 4 is 0 Å². The zero-order valence-electron chi connectivity index (χ0n) is 11.8. The van der Waals surface area contributed by atoms with Crippen LogP contribution in [0.4, 0.5) is 0 Å². The van der Waals surface area contributed by atoms with E-state index >= 15 is 0 Å². The van der Waals surface area contributed by atoms with E-state index < -0.39 is 0 Å². The van der Waals surface area contributed by atoms with Gasteiger partial charge in [0.1, 0.15) is 5.76 Å². The number of furan rings is 1. The standard InChI is InChI=1S/C14H26N2O2/c1-4-8-15-10-13(12-17-3)16(5-2)11-14-7-6-9-18-14/h6-7,9,13,15H,4-5,8,10-12H2,1-3H3. The average molecular weight is 254 g/mol. The highest BCUT2D eigenvalue weighted by Gasteiger charge is 2.17. The Morgan fingerprint density at radius 3 is 2.83 bits per heavy atom. The number of nitrogens with zero attached hydrogens (tertiary/aromatic N) is 1. The molecule has 1 heterocycles. The van der Waals surface area contributed by atoms with Gasteiger partial charge in [-0.2, -0.15) is 0 Å². The van der Waals surface area contributed by atoms with Crippen LogP contribution >= 0.6 is 0 Å². The van der Waals surface area contributed by atoms with Crippen LogP contribution in [0.2, 0.25) is 0 Å². The summed E-state index contributed by atoms with van der Waals surface area (Å²) in [7, 11) is 1.76. The molecule has 0 aliphatic heterocycles. The van der Waals surface area contributed by atoms with Crippen molar-refractivity contribution in [2.75, 3.05) is 33.4 Å². The second-order valence-corrected chi connectivity index (χ2v) is 4.46. The third kappa shape index (κ3) is 5.21. The predicted molar refractivity (Wildman–Crippen MR) is 73.6 cm³/mol. The zero-order valence-corrected chi connectivity index (χ0v) is 11.8. The molecular formula is C14H26N2O2. The first kappa shape index (κ1) is 15.2. The van der Waals surface area contributed by atoms with E-state index in [9.17, 15) is 0 Å². The number of hydrogen-bond donors (Lipinski definition) is 1. The predicted octanol–water partition coefficient (Wildman–Crippen LogP) is 2.12. The van der Waals surface area contributed by atoms with Crippen LogP contribution in [0.15, 0.2) is 22.8 Å². The van der Waals surface area contributed by atoms with Crippen LogP contribution in [0.1, 0.15) is 26.0 Å². The van der Waals surface area contributed by atoms with E-state index in [4.69, 9.17) is 9.15 Å². The normalized spacial score (nSPS) is 13.1. The fourth-order valence-electron chi connectivity index (χ4n) is 2.03. The summed E-state index contributed by atoms with van der Waals surface area (Å²) in [6.07, 6.45) is 2.88. The van der Waals surface area contributed by atoms with Crippen LogP contribution in [0.5, 0.6) is 0 Å². The van der Waals surface area contributed by atoms with Crippen molar-refractivity contribution in [3.63, 3.8) is 0 Å². The second kappa shape index (κ2) is 9.14. The van der Waals surface area contributed by atoms with Crippen LogP contribution < -0.4 is 5.32 Å². The highest BCUT2D eigenvalue weighted by Crippen LogP contribution is 2.09. The minimum Gasteiger partial charge on any atom is -0.468 e. The van der Waals surface area contributed by atoms with Gasteiger partial charge in [-0.25, -0.2) is 0 Å². The number of hydrogen-bond acceptors (Lipinski definition) is 4. The lowest BCUT2D eigenvalue weighted by molar-refractivity contribution is 0.0835. The summed E-state index contributed by atoms with van der Waals surface area (Å²) in [6.45, 7) is 8.93. The van der Waals surface area contributed by atoms with Gasteiger partial charge >= 0.3 is 0 Å². The highest BCUT2D eigenvalue weighted by molar-refractivity contribution is 4.98. The molecule has 1 aromatic heterocycles. The number of likely N-dealkylation sites (N-methyl/N-ethyl adjacent to an activating group) is 1. The summed E-state index contributed by atoms with van der Waals surface area (Å²) in [4.78, 5) is 2.38. The molecule has 1 atom stereocenters. The van der Waals surface area contributed by atoms with Crippen molar-refractivity contribution in [2.45, 2.75) is 32.9 Å². The Morgan fingerprint density at radius 1 is 1.44 bits per heavy atom. The number of nitrogens with one attached hydrogen (secondary N) is 1. The Morgan fingerprint density at radius 2 is 2.28 bits per heavy atom. The van der Waals surface area contributed by atoms with Crippen LogP contribution in [-0.4, -0.2) is 44.3 Å². The van der Waals surface area contributed by atoms with Crippen LogP contribution in [0.3, 0.4) is 0 Å². The molecule has 1 aromatic rings. The number of rotatable bonds is 10. The Labute approximate surface area is 110 Å². The first-order chi connectivity index (χ1) is 8.81. The summed E-state index contributed by atoms with van der Waals surface area (Å²) in [6, 6.07) is 4.34. The Hall–Kier alpha value is -0.840. The van der Waals surface area contributed by atoms with Crippen molar-refractivity contribution < 1.29 is 9.15 Å². The molecule has 0 bridgehead atoms. The highest BCUT2D eigenvalue weighted by atomic mass is 16.5. The fraction of sp³-hybridized carbons (Fsp3) is 0.714. The van der Waals surface area contributed by atoms with Gasteiger partial charge in [0.2, 0.25) is 0 Å². The Bertz CT molecular complexity index is 288. The van der Waals surface area contributed by atoms with Crippen molar-refractivity contribution in [1.29, 1.82) is 0 Å². The molecule has 0 amide bonds. The molecule has 1 N–H and O–H groups in total. The van der Waals surface area contributed by atoms with Crippen LogP contribution in [0, 0.1) is 0 Å². The lowest BCUT2D eigenvalue weighted by atomic mass is 10.2. The summed E-state index contributed by atoms with van der Waals surface area (Å²) >= 11 is 0. The van der Waals surface area contributed by atoms with E-state index in [-0.39, 0.29) is 0 Å². The lowest BCUT2D eigenvalue weighted by Gasteiger charge is -2.29. The van der Waals surface area contributed by atoms with E-state index in [1.807, 2.05) is 12.1 Å². The van der Waals surface area contributed by atoms with Crippen LogP contribution in [0.25, 0.3) is 0 Å². The third-order valence-electron chi connectivity index (χ3n) is 3.03. The number of ether oxygens (including phenoxy) is 1. The molecule has 0 aliphatic rings. The molecule has 4 heteroatoms. The maximum Gasteiger partial charge on any atom is 0.117 e. The monoisotopic (exact) mass is 254 g/mol. The van der Waals surface area contributed by atoms with Gasteiger partial charge < -0.3 is 14.5 Å². The summed E-state index contributed by atoms with van der Waals surface area (Å²) < 4.78 is 10.7. The van der Waals surface area contributed by atoms with Crippen molar-refractivity contribution in [1.82, 2.24) is 10.2 Å². The van der Waals surface area contributed by atoms with E-state index in [2.05, 4.69) is 24.1 Å². The largest absolute Gasteiger partial charge is 0.468 e. The van der Waals surface area contributed by atoms with Crippen molar-refractivity contribution in [2.24, 2.45) is 0 Å². The van der Waals surface area contributed by atoms with Gasteiger partial charge in [-0.1, -0.05) is 13.8 Å². The molecule has 0 radical (unpaired) electrons. The van der Waals surface area contributed by atoms with E-state index in [0.29, 0.717) is 6.04 Å².